The van der Waals surface area contributed by atoms with Crippen molar-refractivity contribution >= 4 is 29.2 Å². The van der Waals surface area contributed by atoms with Crippen molar-refractivity contribution in [3.8, 4) is 0 Å². The van der Waals surface area contributed by atoms with Crippen LogP contribution in [0.4, 0.5) is 4.79 Å². The summed E-state index contributed by atoms with van der Waals surface area (Å²) in [5.41, 5.74) is 0.612. The van der Waals surface area contributed by atoms with Gasteiger partial charge < -0.3 is 10.6 Å². The van der Waals surface area contributed by atoms with E-state index in [0.29, 0.717) is 12.2 Å². The van der Waals surface area contributed by atoms with Crippen LogP contribution in [0.25, 0.3) is 0 Å². The standard InChI is InChI=1S/C16H20N6O3S/c1-10(2)22-8-11(19-20-22)6-13-15(24)21(16(25)18-13)9-14(23)17-7-12-4-3-5-26-12/h3-5,8,10,13H,6-7,9H2,1-2H3,(H,17,23)(H,18,25)/t13-/m0/s1. The smallest absolute Gasteiger partial charge is 0.325 e. The summed E-state index contributed by atoms with van der Waals surface area (Å²) in [6.45, 7) is 4.02. The van der Waals surface area contributed by atoms with Gasteiger partial charge in [-0.15, -0.1) is 16.4 Å². The second kappa shape index (κ2) is 7.65. The fraction of sp³-hybridized carbons (Fsp3) is 0.438. The summed E-state index contributed by atoms with van der Waals surface area (Å²) >= 11 is 1.52. The molecule has 3 heterocycles. The maximum atomic E-state index is 12.4. The SMILES string of the molecule is CC(C)n1cc(C[C@@H]2NC(=O)N(CC(=O)NCc3cccs3)C2=O)nn1. The molecule has 10 heteroatoms. The van der Waals surface area contributed by atoms with E-state index in [9.17, 15) is 14.4 Å². The lowest BCUT2D eigenvalue weighted by Crippen LogP contribution is -2.41. The second-order valence-electron chi connectivity index (χ2n) is 6.27. The molecule has 138 valence electrons. The van der Waals surface area contributed by atoms with Gasteiger partial charge in [0.05, 0.1) is 12.2 Å². The van der Waals surface area contributed by atoms with E-state index in [2.05, 4.69) is 20.9 Å². The molecule has 1 fully saturated rings. The molecular formula is C16H20N6O3S. The number of aromatic nitrogens is 3. The average Bonchev–Trinajstić information content (AvgIpc) is 3.32. The summed E-state index contributed by atoms with van der Waals surface area (Å²) in [4.78, 5) is 38.4. The summed E-state index contributed by atoms with van der Waals surface area (Å²) in [6.07, 6.45) is 1.99. The Morgan fingerprint density at radius 2 is 2.23 bits per heavy atom. The van der Waals surface area contributed by atoms with Crippen LogP contribution in [-0.2, 0) is 22.6 Å². The number of imide groups is 1. The van der Waals surface area contributed by atoms with Crippen molar-refractivity contribution in [3.63, 3.8) is 0 Å². The molecule has 2 aromatic heterocycles. The lowest BCUT2D eigenvalue weighted by atomic mass is 10.1. The Kier molecular flexibility index (Phi) is 5.31. The van der Waals surface area contributed by atoms with Crippen molar-refractivity contribution in [3.05, 3.63) is 34.3 Å². The summed E-state index contributed by atoms with van der Waals surface area (Å²) in [6, 6.07) is 2.66. The van der Waals surface area contributed by atoms with E-state index in [1.807, 2.05) is 31.4 Å². The quantitative estimate of drug-likeness (QED) is 0.692. The maximum Gasteiger partial charge on any atom is 0.325 e. The molecule has 0 aliphatic carbocycles. The number of hydrogen-bond acceptors (Lipinski definition) is 6. The minimum Gasteiger partial charge on any atom is -0.350 e. The van der Waals surface area contributed by atoms with Crippen molar-refractivity contribution in [2.75, 3.05) is 6.54 Å². The molecule has 2 aromatic rings. The van der Waals surface area contributed by atoms with Crippen LogP contribution in [0.5, 0.6) is 0 Å². The number of nitrogens with one attached hydrogen (secondary N) is 2. The number of carbonyl (C=O) groups excluding carboxylic acids is 3. The van der Waals surface area contributed by atoms with Gasteiger partial charge in [-0.3, -0.25) is 14.5 Å². The largest absolute Gasteiger partial charge is 0.350 e. The number of amides is 4. The molecule has 1 atom stereocenters. The summed E-state index contributed by atoms with van der Waals surface area (Å²) < 4.78 is 1.69. The predicted octanol–water partition coefficient (Wildman–Crippen LogP) is 0.700. The van der Waals surface area contributed by atoms with E-state index < -0.39 is 18.0 Å². The topological polar surface area (TPSA) is 109 Å². The fourth-order valence-corrected chi connectivity index (χ4v) is 3.18. The molecule has 9 nitrogen and oxygen atoms in total. The van der Waals surface area contributed by atoms with E-state index >= 15 is 0 Å². The van der Waals surface area contributed by atoms with Crippen molar-refractivity contribution in [1.82, 2.24) is 30.5 Å². The molecule has 4 amide bonds. The van der Waals surface area contributed by atoms with Gasteiger partial charge in [0.2, 0.25) is 5.91 Å². The zero-order valence-electron chi connectivity index (χ0n) is 14.5. The van der Waals surface area contributed by atoms with Crippen LogP contribution < -0.4 is 10.6 Å². The van der Waals surface area contributed by atoms with Gasteiger partial charge in [-0.2, -0.15) is 0 Å². The average molecular weight is 376 g/mol. The minimum atomic E-state index is -0.732. The normalized spacial score (nSPS) is 17.0. The number of carbonyl (C=O) groups is 3. The van der Waals surface area contributed by atoms with Crippen molar-refractivity contribution < 1.29 is 14.4 Å². The van der Waals surface area contributed by atoms with Crippen LogP contribution in [-0.4, -0.2) is 50.3 Å². The highest BCUT2D eigenvalue weighted by atomic mass is 32.1. The van der Waals surface area contributed by atoms with Gasteiger partial charge in [-0.25, -0.2) is 9.48 Å². The Morgan fingerprint density at radius 3 is 2.88 bits per heavy atom. The molecule has 0 aromatic carbocycles. The van der Waals surface area contributed by atoms with Gasteiger partial charge in [0.25, 0.3) is 5.91 Å². The van der Waals surface area contributed by atoms with E-state index in [4.69, 9.17) is 0 Å². The lowest BCUT2D eigenvalue weighted by molar-refractivity contribution is -0.132. The molecule has 0 unspecified atom stereocenters. The molecule has 3 rings (SSSR count). The Morgan fingerprint density at radius 1 is 1.42 bits per heavy atom. The number of rotatable bonds is 7. The van der Waals surface area contributed by atoms with E-state index in [-0.39, 0.29) is 24.9 Å². The van der Waals surface area contributed by atoms with Crippen LogP contribution in [0.1, 0.15) is 30.5 Å². The van der Waals surface area contributed by atoms with Crippen molar-refractivity contribution in [2.45, 2.75) is 38.9 Å². The first-order valence-corrected chi connectivity index (χ1v) is 9.13. The Labute approximate surface area is 154 Å². The van der Waals surface area contributed by atoms with E-state index in [1.54, 1.807) is 10.9 Å². The minimum absolute atomic E-state index is 0.161. The third kappa shape index (κ3) is 4.07. The summed E-state index contributed by atoms with van der Waals surface area (Å²) in [5, 5.41) is 15.2. The third-order valence-electron chi connectivity index (χ3n) is 3.95. The number of urea groups is 1. The molecule has 1 aliphatic heterocycles. The first-order valence-electron chi connectivity index (χ1n) is 8.25. The second-order valence-corrected chi connectivity index (χ2v) is 7.30. The monoisotopic (exact) mass is 376 g/mol. The zero-order chi connectivity index (χ0) is 18.7. The van der Waals surface area contributed by atoms with Crippen molar-refractivity contribution in [2.24, 2.45) is 0 Å². The molecule has 0 bridgehead atoms. The van der Waals surface area contributed by atoms with Crippen LogP contribution in [0.15, 0.2) is 23.7 Å². The van der Waals surface area contributed by atoms with Crippen LogP contribution in [0.3, 0.4) is 0 Å². The van der Waals surface area contributed by atoms with Gasteiger partial charge in [0.1, 0.15) is 12.6 Å². The zero-order valence-corrected chi connectivity index (χ0v) is 15.3. The lowest BCUT2D eigenvalue weighted by Gasteiger charge is -2.12. The fourth-order valence-electron chi connectivity index (χ4n) is 2.53. The molecule has 1 saturated heterocycles. The first-order chi connectivity index (χ1) is 12.4. The molecule has 2 N–H and O–H groups in total. The van der Waals surface area contributed by atoms with E-state index in [1.165, 1.54) is 11.3 Å². The third-order valence-corrected chi connectivity index (χ3v) is 4.83. The Balaban J connectivity index is 1.55. The summed E-state index contributed by atoms with van der Waals surface area (Å²) in [5.74, 6) is -0.811. The highest BCUT2D eigenvalue weighted by Gasteiger charge is 2.39. The highest BCUT2D eigenvalue weighted by Crippen LogP contribution is 2.12. The predicted molar refractivity (Wildman–Crippen MR) is 94.3 cm³/mol. The van der Waals surface area contributed by atoms with Crippen LogP contribution >= 0.6 is 11.3 Å². The van der Waals surface area contributed by atoms with Gasteiger partial charge in [-0.1, -0.05) is 11.3 Å². The summed E-state index contributed by atoms with van der Waals surface area (Å²) in [7, 11) is 0. The highest BCUT2D eigenvalue weighted by molar-refractivity contribution is 7.09. The Bertz CT molecular complexity index is 801. The molecule has 26 heavy (non-hydrogen) atoms. The van der Waals surface area contributed by atoms with Gasteiger partial charge in [0, 0.05) is 23.5 Å². The van der Waals surface area contributed by atoms with Gasteiger partial charge in [-0.05, 0) is 25.3 Å². The molecule has 0 saturated carbocycles. The van der Waals surface area contributed by atoms with E-state index in [0.717, 1.165) is 9.78 Å². The van der Waals surface area contributed by atoms with Crippen molar-refractivity contribution in [1.29, 1.82) is 0 Å². The van der Waals surface area contributed by atoms with Crippen LogP contribution in [0, 0.1) is 0 Å². The molecular weight excluding hydrogens is 356 g/mol. The number of nitrogens with zero attached hydrogens (tertiary/aromatic N) is 4. The number of hydrogen-bond donors (Lipinski definition) is 2. The van der Waals surface area contributed by atoms with Crippen LogP contribution in [0.2, 0.25) is 0 Å². The molecule has 0 spiro atoms. The maximum absolute atomic E-state index is 12.4. The first kappa shape index (κ1) is 18.1. The van der Waals surface area contributed by atoms with Gasteiger partial charge in [0.15, 0.2) is 0 Å². The molecule has 0 radical (unpaired) electrons. The van der Waals surface area contributed by atoms with Gasteiger partial charge >= 0.3 is 6.03 Å². The Hall–Kier alpha value is -2.75. The number of thiophene rings is 1. The molecule has 1 aliphatic rings.